The second-order valence-corrected chi connectivity index (χ2v) is 5.02. The lowest BCUT2D eigenvalue weighted by atomic mass is 9.92. The summed E-state index contributed by atoms with van der Waals surface area (Å²) in [4.78, 5) is 11.6. The normalized spacial score (nSPS) is 11.0. The molecule has 0 aliphatic carbocycles. The molecule has 0 heterocycles. The fourth-order valence-electron chi connectivity index (χ4n) is 1.92. The minimum atomic E-state index is 0.0833. The highest BCUT2D eigenvalue weighted by Gasteiger charge is 2.14. The quantitative estimate of drug-likeness (QED) is 0.826. The second-order valence-electron chi connectivity index (χ2n) is 5.02. The minimum Gasteiger partial charge on any atom is -0.326 e. The Morgan fingerprint density at radius 1 is 1.12 bits per heavy atom. The van der Waals surface area contributed by atoms with E-state index >= 15 is 0 Å². The molecule has 2 heteroatoms. The van der Waals surface area contributed by atoms with Crippen LogP contribution in [0.1, 0.15) is 64.0 Å². The molecule has 0 bridgehead atoms. The van der Waals surface area contributed by atoms with Gasteiger partial charge in [-0.05, 0) is 23.0 Å². The molecule has 0 aliphatic heterocycles. The number of hydrogen-bond donors (Lipinski definition) is 1. The first-order valence-electron chi connectivity index (χ1n) is 6.40. The molecule has 0 unspecified atom stereocenters. The third-order valence-electron chi connectivity index (χ3n) is 2.96. The van der Waals surface area contributed by atoms with E-state index in [1.807, 2.05) is 6.92 Å². The number of rotatable bonds is 4. The van der Waals surface area contributed by atoms with Crippen LogP contribution in [0.3, 0.4) is 0 Å². The Kier molecular flexibility index (Phi) is 4.73. The van der Waals surface area contributed by atoms with Gasteiger partial charge in [0.2, 0.25) is 5.91 Å². The maximum absolute atomic E-state index is 11.6. The van der Waals surface area contributed by atoms with Gasteiger partial charge in [-0.3, -0.25) is 4.79 Å². The van der Waals surface area contributed by atoms with Gasteiger partial charge in [-0.1, -0.05) is 52.8 Å². The number of para-hydroxylation sites is 1. The van der Waals surface area contributed by atoms with E-state index in [1.165, 1.54) is 11.1 Å². The standard InChI is InChI=1S/C15H23NO/c1-6-14(17)16-15-12(10(2)3)8-7-9-13(15)11(4)5/h7-11H,6H2,1-5H3,(H,16,17). The third kappa shape index (κ3) is 3.32. The van der Waals surface area contributed by atoms with Crippen molar-refractivity contribution >= 4 is 11.6 Å². The lowest BCUT2D eigenvalue weighted by Gasteiger charge is -2.19. The Morgan fingerprint density at radius 3 is 1.94 bits per heavy atom. The van der Waals surface area contributed by atoms with Crippen molar-refractivity contribution in [2.75, 3.05) is 5.32 Å². The summed E-state index contributed by atoms with van der Waals surface area (Å²) in [6.45, 7) is 10.5. The van der Waals surface area contributed by atoms with E-state index in [9.17, 15) is 4.79 Å². The van der Waals surface area contributed by atoms with Crippen LogP contribution in [0.2, 0.25) is 0 Å². The molecule has 0 fully saturated rings. The summed E-state index contributed by atoms with van der Waals surface area (Å²) >= 11 is 0. The van der Waals surface area contributed by atoms with E-state index < -0.39 is 0 Å². The van der Waals surface area contributed by atoms with Crippen LogP contribution < -0.4 is 5.32 Å². The summed E-state index contributed by atoms with van der Waals surface area (Å²) in [5.41, 5.74) is 3.46. The zero-order valence-corrected chi connectivity index (χ0v) is 11.5. The molecule has 1 rings (SSSR count). The molecule has 1 amide bonds. The smallest absolute Gasteiger partial charge is 0.224 e. The Balaban J connectivity index is 3.23. The maximum atomic E-state index is 11.6. The number of carbonyl (C=O) groups is 1. The fourth-order valence-corrected chi connectivity index (χ4v) is 1.92. The zero-order valence-electron chi connectivity index (χ0n) is 11.5. The summed E-state index contributed by atoms with van der Waals surface area (Å²) in [5.74, 6) is 0.918. The van der Waals surface area contributed by atoms with E-state index in [0.717, 1.165) is 5.69 Å². The van der Waals surface area contributed by atoms with Crippen LogP contribution in [0.15, 0.2) is 18.2 Å². The van der Waals surface area contributed by atoms with Crippen LogP contribution in [0.5, 0.6) is 0 Å². The van der Waals surface area contributed by atoms with E-state index in [2.05, 4.69) is 51.2 Å². The molecule has 1 aromatic rings. The molecule has 1 N–H and O–H groups in total. The van der Waals surface area contributed by atoms with Crippen molar-refractivity contribution < 1.29 is 4.79 Å². The second kappa shape index (κ2) is 5.85. The van der Waals surface area contributed by atoms with Gasteiger partial charge >= 0.3 is 0 Å². The largest absolute Gasteiger partial charge is 0.326 e. The highest BCUT2D eigenvalue weighted by molar-refractivity contribution is 5.92. The summed E-state index contributed by atoms with van der Waals surface area (Å²) in [6.07, 6.45) is 0.518. The molecule has 0 aromatic heterocycles. The van der Waals surface area contributed by atoms with Gasteiger partial charge in [0, 0.05) is 12.1 Å². The van der Waals surface area contributed by atoms with Crippen molar-refractivity contribution in [3.63, 3.8) is 0 Å². The average Bonchev–Trinajstić information content (AvgIpc) is 2.28. The van der Waals surface area contributed by atoms with Gasteiger partial charge in [-0.15, -0.1) is 0 Å². The predicted octanol–water partition coefficient (Wildman–Crippen LogP) is 4.28. The molecule has 2 nitrogen and oxygen atoms in total. The average molecular weight is 233 g/mol. The van der Waals surface area contributed by atoms with Crippen molar-refractivity contribution in [2.24, 2.45) is 0 Å². The lowest BCUT2D eigenvalue weighted by Crippen LogP contribution is -2.14. The van der Waals surface area contributed by atoms with E-state index in [1.54, 1.807) is 0 Å². The molecule has 0 aliphatic rings. The van der Waals surface area contributed by atoms with Crippen LogP contribution in [0.4, 0.5) is 5.69 Å². The molecule has 1 aromatic carbocycles. The third-order valence-corrected chi connectivity index (χ3v) is 2.96. The number of carbonyl (C=O) groups excluding carboxylic acids is 1. The fraction of sp³-hybridized carbons (Fsp3) is 0.533. The molecule has 0 saturated carbocycles. The Labute approximate surface area is 104 Å². The minimum absolute atomic E-state index is 0.0833. The van der Waals surface area contributed by atoms with E-state index in [-0.39, 0.29) is 5.91 Å². The number of anilines is 1. The number of nitrogens with one attached hydrogen (secondary N) is 1. The van der Waals surface area contributed by atoms with Crippen molar-refractivity contribution in [1.82, 2.24) is 0 Å². The molecule has 0 saturated heterocycles. The number of benzene rings is 1. The highest BCUT2D eigenvalue weighted by Crippen LogP contribution is 2.32. The van der Waals surface area contributed by atoms with Crippen molar-refractivity contribution in [2.45, 2.75) is 52.9 Å². The van der Waals surface area contributed by atoms with Crippen LogP contribution in [0.25, 0.3) is 0 Å². The van der Waals surface area contributed by atoms with Crippen LogP contribution in [-0.2, 0) is 4.79 Å². The molecular weight excluding hydrogens is 210 g/mol. The summed E-state index contributed by atoms with van der Waals surface area (Å²) in [7, 11) is 0. The van der Waals surface area contributed by atoms with E-state index in [4.69, 9.17) is 0 Å². The Morgan fingerprint density at radius 2 is 1.59 bits per heavy atom. The monoisotopic (exact) mass is 233 g/mol. The van der Waals surface area contributed by atoms with Gasteiger partial charge in [0.25, 0.3) is 0 Å². The first kappa shape index (κ1) is 13.8. The molecule has 0 radical (unpaired) electrons. The summed E-state index contributed by atoms with van der Waals surface area (Å²) in [5, 5.41) is 3.05. The highest BCUT2D eigenvalue weighted by atomic mass is 16.1. The maximum Gasteiger partial charge on any atom is 0.224 e. The molecule has 0 atom stereocenters. The van der Waals surface area contributed by atoms with E-state index in [0.29, 0.717) is 18.3 Å². The van der Waals surface area contributed by atoms with Crippen molar-refractivity contribution in [1.29, 1.82) is 0 Å². The van der Waals surface area contributed by atoms with Crippen LogP contribution >= 0.6 is 0 Å². The Bertz CT molecular complexity index is 368. The van der Waals surface area contributed by atoms with Gasteiger partial charge in [0.1, 0.15) is 0 Å². The topological polar surface area (TPSA) is 29.1 Å². The van der Waals surface area contributed by atoms with Gasteiger partial charge in [0.15, 0.2) is 0 Å². The first-order valence-corrected chi connectivity index (χ1v) is 6.40. The SMILES string of the molecule is CCC(=O)Nc1c(C(C)C)cccc1C(C)C. The molecular formula is C15H23NO. The molecule has 17 heavy (non-hydrogen) atoms. The zero-order chi connectivity index (χ0) is 13.0. The van der Waals surface area contributed by atoms with Crippen molar-refractivity contribution in [3.8, 4) is 0 Å². The molecule has 94 valence electrons. The van der Waals surface area contributed by atoms with Gasteiger partial charge in [0.05, 0.1) is 0 Å². The Hall–Kier alpha value is -1.31. The van der Waals surface area contributed by atoms with Gasteiger partial charge < -0.3 is 5.32 Å². The number of amides is 1. The lowest BCUT2D eigenvalue weighted by molar-refractivity contribution is -0.115. The van der Waals surface area contributed by atoms with Gasteiger partial charge in [-0.2, -0.15) is 0 Å². The van der Waals surface area contributed by atoms with Crippen molar-refractivity contribution in [3.05, 3.63) is 29.3 Å². The predicted molar refractivity (Wildman–Crippen MR) is 73.5 cm³/mol. The first-order chi connectivity index (χ1) is 7.97. The summed E-state index contributed by atoms with van der Waals surface area (Å²) < 4.78 is 0. The van der Waals surface area contributed by atoms with Gasteiger partial charge in [-0.25, -0.2) is 0 Å². The van der Waals surface area contributed by atoms with Crippen LogP contribution in [0, 0.1) is 0 Å². The molecule has 0 spiro atoms. The number of hydrogen-bond acceptors (Lipinski definition) is 1. The van der Waals surface area contributed by atoms with Crippen LogP contribution in [-0.4, -0.2) is 5.91 Å². The summed E-state index contributed by atoms with van der Waals surface area (Å²) in [6, 6.07) is 6.27.